The Morgan fingerprint density at radius 2 is 2.14 bits per heavy atom. The van der Waals surface area contributed by atoms with E-state index < -0.39 is 48.2 Å². The van der Waals surface area contributed by atoms with Crippen LogP contribution in [0.2, 0.25) is 0 Å². The predicted octanol–water partition coefficient (Wildman–Crippen LogP) is 0.843. The number of aliphatic hydroxyl groups is 1. The maximum Gasteiger partial charge on any atom is 0.333 e. The van der Waals surface area contributed by atoms with Crippen LogP contribution in [0.4, 0.5) is 0 Å². The highest BCUT2D eigenvalue weighted by atomic mass is 16.6. The van der Waals surface area contributed by atoms with Gasteiger partial charge in [-0.15, -0.1) is 0 Å². The summed E-state index contributed by atoms with van der Waals surface area (Å²) in [6, 6.07) is 0. The monoisotopic (exact) mass is 392 g/mol. The van der Waals surface area contributed by atoms with Gasteiger partial charge in [0.1, 0.15) is 18.0 Å². The van der Waals surface area contributed by atoms with Crippen molar-refractivity contribution in [3.05, 3.63) is 35.6 Å². The van der Waals surface area contributed by atoms with Gasteiger partial charge in [-0.05, 0) is 19.9 Å². The Morgan fingerprint density at radius 3 is 2.75 bits per heavy atom. The normalized spacial score (nSPS) is 36.0. The summed E-state index contributed by atoms with van der Waals surface area (Å²) in [5, 5.41) is 9.77. The van der Waals surface area contributed by atoms with Crippen molar-refractivity contribution in [2.75, 3.05) is 20.3 Å². The smallest absolute Gasteiger partial charge is 0.333 e. The van der Waals surface area contributed by atoms with E-state index in [1.54, 1.807) is 13.0 Å². The standard InChI is InChI=1S/C20H24O8/c1-10(2)18(23)27-15-7-20(3)16(22)6-13(28-20)11(8-21)5-14-17(15)12(9-25-4)19(24)26-14/h5-6,12,14-15,17,21H,1,7-9H2,2-4H3/b11-5-/t12-,14+,15+,17-,20-/m0/s1. The van der Waals surface area contributed by atoms with Crippen LogP contribution in [0.3, 0.4) is 0 Å². The zero-order valence-corrected chi connectivity index (χ0v) is 16.1. The lowest BCUT2D eigenvalue weighted by molar-refractivity contribution is -0.155. The second-order valence-electron chi connectivity index (χ2n) is 7.52. The number of carbonyl (C=O) groups excluding carboxylic acids is 3. The van der Waals surface area contributed by atoms with Crippen LogP contribution in [0.1, 0.15) is 20.3 Å². The van der Waals surface area contributed by atoms with Gasteiger partial charge >= 0.3 is 11.9 Å². The molecule has 0 unspecified atom stereocenters. The lowest BCUT2D eigenvalue weighted by Gasteiger charge is -2.33. The lowest BCUT2D eigenvalue weighted by Crippen LogP contribution is -2.45. The van der Waals surface area contributed by atoms with Gasteiger partial charge in [-0.1, -0.05) is 6.58 Å². The molecule has 3 rings (SSSR count). The topological polar surface area (TPSA) is 108 Å². The minimum Gasteiger partial charge on any atom is -0.479 e. The Hall–Kier alpha value is -2.45. The number of fused-ring (bicyclic) bond motifs is 3. The number of esters is 2. The van der Waals surface area contributed by atoms with E-state index in [4.69, 9.17) is 18.9 Å². The predicted molar refractivity (Wildman–Crippen MR) is 95.8 cm³/mol. The maximum atomic E-state index is 12.6. The number of hydrogen-bond acceptors (Lipinski definition) is 8. The molecule has 0 aromatic carbocycles. The molecule has 2 bridgehead atoms. The van der Waals surface area contributed by atoms with E-state index in [0.717, 1.165) is 0 Å². The van der Waals surface area contributed by atoms with Gasteiger partial charge in [-0.2, -0.15) is 0 Å². The largest absolute Gasteiger partial charge is 0.479 e. The molecule has 0 aliphatic carbocycles. The Kier molecular flexibility index (Phi) is 5.45. The Morgan fingerprint density at radius 1 is 1.43 bits per heavy atom. The Balaban J connectivity index is 2.09. The first-order valence-corrected chi connectivity index (χ1v) is 9.03. The first-order valence-electron chi connectivity index (χ1n) is 9.03. The molecule has 0 saturated carbocycles. The molecule has 1 fully saturated rings. The zero-order valence-electron chi connectivity index (χ0n) is 16.1. The van der Waals surface area contributed by atoms with Crippen molar-refractivity contribution in [3.8, 4) is 0 Å². The van der Waals surface area contributed by atoms with Crippen molar-refractivity contribution in [2.24, 2.45) is 11.8 Å². The minimum atomic E-state index is -1.29. The average Bonchev–Trinajstić information content (AvgIpc) is 3.09. The van der Waals surface area contributed by atoms with Crippen LogP contribution in [0.5, 0.6) is 0 Å². The van der Waals surface area contributed by atoms with Crippen LogP contribution in [-0.4, -0.2) is 61.0 Å². The summed E-state index contributed by atoms with van der Waals surface area (Å²) in [7, 11) is 1.46. The molecule has 0 radical (unpaired) electrons. The van der Waals surface area contributed by atoms with Gasteiger partial charge in [0.25, 0.3) is 0 Å². The zero-order chi connectivity index (χ0) is 20.6. The van der Waals surface area contributed by atoms with Crippen LogP contribution in [-0.2, 0) is 33.3 Å². The average molecular weight is 392 g/mol. The second-order valence-corrected chi connectivity index (χ2v) is 7.52. The number of hydrogen-bond donors (Lipinski definition) is 1. The number of carbonyl (C=O) groups is 3. The molecule has 0 aromatic rings. The fraction of sp³-hybridized carbons (Fsp3) is 0.550. The number of ether oxygens (including phenoxy) is 4. The quantitative estimate of drug-likeness (QED) is 0.542. The van der Waals surface area contributed by atoms with Crippen LogP contribution < -0.4 is 0 Å². The molecule has 28 heavy (non-hydrogen) atoms. The van der Waals surface area contributed by atoms with Crippen molar-refractivity contribution in [2.45, 2.75) is 38.1 Å². The molecule has 0 amide bonds. The highest BCUT2D eigenvalue weighted by Crippen LogP contribution is 2.43. The van der Waals surface area contributed by atoms with E-state index in [0.29, 0.717) is 5.57 Å². The van der Waals surface area contributed by atoms with E-state index >= 15 is 0 Å². The van der Waals surface area contributed by atoms with Gasteiger partial charge < -0.3 is 24.1 Å². The van der Waals surface area contributed by atoms with Crippen molar-refractivity contribution in [3.63, 3.8) is 0 Å². The van der Waals surface area contributed by atoms with Crippen molar-refractivity contribution in [1.82, 2.24) is 0 Å². The lowest BCUT2D eigenvalue weighted by atomic mass is 9.79. The first kappa shape index (κ1) is 20.3. The fourth-order valence-corrected chi connectivity index (χ4v) is 3.84. The third-order valence-corrected chi connectivity index (χ3v) is 5.34. The van der Waals surface area contributed by atoms with Gasteiger partial charge in [0, 0.05) is 30.8 Å². The molecule has 1 saturated heterocycles. The SMILES string of the molecule is C=C(C)C(=O)O[C@@H]1C[C@]2(C)OC(=CC2=O)/C(CO)=C\[C@H]2OC(=O)[C@@H](COC)[C@@H]21. The molecule has 8 nitrogen and oxygen atoms in total. The number of rotatable bonds is 5. The molecular formula is C20H24O8. The molecule has 5 atom stereocenters. The minimum absolute atomic E-state index is 0.0232. The summed E-state index contributed by atoms with van der Waals surface area (Å²) in [6.45, 7) is 6.37. The molecule has 3 heterocycles. The molecule has 0 spiro atoms. The van der Waals surface area contributed by atoms with E-state index in [9.17, 15) is 19.5 Å². The summed E-state index contributed by atoms with van der Waals surface area (Å²) in [4.78, 5) is 37.3. The highest BCUT2D eigenvalue weighted by Gasteiger charge is 2.54. The van der Waals surface area contributed by atoms with Gasteiger partial charge in [-0.25, -0.2) is 4.79 Å². The van der Waals surface area contributed by atoms with Crippen molar-refractivity contribution >= 4 is 17.7 Å². The fourth-order valence-electron chi connectivity index (χ4n) is 3.84. The summed E-state index contributed by atoms with van der Waals surface area (Å²) < 4.78 is 22.2. The third kappa shape index (κ3) is 3.49. The molecule has 0 aromatic heterocycles. The van der Waals surface area contributed by atoms with Crippen LogP contribution >= 0.6 is 0 Å². The van der Waals surface area contributed by atoms with Crippen molar-refractivity contribution < 1.29 is 38.4 Å². The third-order valence-electron chi connectivity index (χ3n) is 5.34. The molecule has 3 aliphatic heterocycles. The maximum absolute atomic E-state index is 12.6. The molecule has 3 aliphatic rings. The van der Waals surface area contributed by atoms with E-state index in [2.05, 4.69) is 6.58 Å². The second kappa shape index (κ2) is 7.52. The molecule has 152 valence electrons. The van der Waals surface area contributed by atoms with E-state index in [1.165, 1.54) is 20.1 Å². The molecule has 8 heteroatoms. The van der Waals surface area contributed by atoms with E-state index in [1.807, 2.05) is 0 Å². The highest BCUT2D eigenvalue weighted by molar-refractivity contribution is 6.00. The van der Waals surface area contributed by atoms with Crippen LogP contribution in [0, 0.1) is 11.8 Å². The van der Waals surface area contributed by atoms with Gasteiger partial charge in [-0.3, -0.25) is 9.59 Å². The van der Waals surface area contributed by atoms with E-state index in [-0.39, 0.29) is 30.1 Å². The first-order chi connectivity index (χ1) is 13.2. The van der Waals surface area contributed by atoms with Crippen LogP contribution in [0.15, 0.2) is 35.6 Å². The van der Waals surface area contributed by atoms with Gasteiger partial charge in [0.15, 0.2) is 5.60 Å². The summed E-state index contributed by atoms with van der Waals surface area (Å²) in [5.41, 5.74) is -0.758. The summed E-state index contributed by atoms with van der Waals surface area (Å²) in [6.07, 6.45) is 1.26. The number of ketones is 1. The molecule has 1 N–H and O–H groups in total. The Bertz CT molecular complexity index is 779. The summed E-state index contributed by atoms with van der Waals surface area (Å²) >= 11 is 0. The number of aliphatic hydroxyl groups excluding tert-OH is 1. The van der Waals surface area contributed by atoms with Gasteiger partial charge in [0.05, 0.1) is 25.0 Å². The Labute approximate surface area is 162 Å². The summed E-state index contributed by atoms with van der Waals surface area (Å²) in [5.74, 6) is -2.49. The number of methoxy groups -OCH3 is 1. The van der Waals surface area contributed by atoms with Crippen LogP contribution in [0.25, 0.3) is 0 Å². The molecular weight excluding hydrogens is 368 g/mol. The van der Waals surface area contributed by atoms with Gasteiger partial charge in [0.2, 0.25) is 5.78 Å². The van der Waals surface area contributed by atoms with Crippen molar-refractivity contribution in [1.29, 1.82) is 0 Å².